The van der Waals surface area contributed by atoms with Crippen molar-refractivity contribution in [3.05, 3.63) is 0 Å². The van der Waals surface area contributed by atoms with Crippen LogP contribution >= 0.6 is 14.5 Å². The summed E-state index contributed by atoms with van der Waals surface area (Å²) in [6.07, 6.45) is 18.3. The fraction of sp³-hybridized carbons (Fsp3) is 1.00. The molecule has 0 bridgehead atoms. The molecule has 0 saturated carbocycles. The third-order valence-corrected chi connectivity index (χ3v) is 4.59. The first-order valence-corrected chi connectivity index (χ1v) is 13.7. The van der Waals surface area contributed by atoms with E-state index in [1.165, 1.54) is 77.0 Å². The van der Waals surface area contributed by atoms with Gasteiger partial charge in [0.25, 0.3) is 0 Å². The molecule has 0 spiro atoms. The van der Waals surface area contributed by atoms with Crippen molar-refractivity contribution in [1.82, 2.24) is 0 Å². The Morgan fingerprint density at radius 2 is 0.923 bits per heavy atom. The van der Waals surface area contributed by atoms with E-state index in [0.29, 0.717) is 6.61 Å². The van der Waals surface area contributed by atoms with Crippen LogP contribution in [-0.4, -0.2) is 31.1 Å². The fourth-order valence-electron chi connectivity index (χ4n) is 2.48. The zero-order valence-electron chi connectivity index (χ0n) is 16.0. The molecule has 0 atom stereocenters. The topological polar surface area (TPSA) is 127 Å². The molecule has 160 valence electrons. The van der Waals surface area contributed by atoms with Gasteiger partial charge in [-0.3, -0.25) is 0 Å². The lowest BCUT2D eigenvalue weighted by atomic mass is 10.0. The van der Waals surface area contributed by atoms with Crippen molar-refractivity contribution < 1.29 is 33.6 Å². The Labute approximate surface area is 163 Å². The molecule has 0 aromatic carbocycles. The molecular weight excluding hydrogens is 398 g/mol. The smallest absolute Gasteiger partial charge is 0.325 e. The van der Waals surface area contributed by atoms with Crippen molar-refractivity contribution in [2.24, 2.45) is 0 Å². The van der Waals surface area contributed by atoms with Crippen LogP contribution in [0.5, 0.6) is 0 Å². The molecule has 7 nitrogen and oxygen atoms in total. The van der Waals surface area contributed by atoms with E-state index in [9.17, 15) is 0 Å². The van der Waals surface area contributed by atoms with Crippen molar-refractivity contribution >= 4 is 26.3 Å². The monoisotopic (exact) mass is 436 g/mol. The molecule has 0 unspecified atom stereocenters. The van der Waals surface area contributed by atoms with Gasteiger partial charge in [0.05, 0.1) is 6.61 Å². The summed E-state index contributed by atoms with van der Waals surface area (Å²) < 4.78 is 13.7. The number of unbranched alkanes of at least 4 members (excludes halogenated alkanes) is 13. The summed E-state index contributed by atoms with van der Waals surface area (Å²) in [5.74, 6) is 0. The van der Waals surface area contributed by atoms with E-state index in [0.717, 1.165) is 12.8 Å². The lowest BCUT2D eigenvalue weighted by molar-refractivity contribution is 0.245. The van der Waals surface area contributed by atoms with Crippen LogP contribution in [0, 0.1) is 0 Å². The normalized spacial score (nSPS) is 11.9. The molecular formula is C16H38O7P2S. The van der Waals surface area contributed by atoms with E-state index in [2.05, 4.69) is 18.7 Å². The zero-order valence-corrected chi connectivity index (χ0v) is 18.6. The van der Waals surface area contributed by atoms with Crippen LogP contribution in [-0.2, 0) is 20.9 Å². The van der Waals surface area contributed by atoms with E-state index in [1.807, 2.05) is 0 Å². The van der Waals surface area contributed by atoms with Gasteiger partial charge in [-0.1, -0.05) is 90.4 Å². The second kappa shape index (κ2) is 19.0. The molecule has 0 fully saturated rings. The Hall–Kier alpha value is 0.640. The number of hydrogen-bond acceptors (Lipinski definition) is 3. The number of hydrogen-bond donors (Lipinski definition) is 5. The number of rotatable bonds is 16. The van der Waals surface area contributed by atoms with Crippen LogP contribution in [0.1, 0.15) is 96.8 Å². The van der Waals surface area contributed by atoms with Crippen LogP contribution in [0.25, 0.3) is 0 Å². The van der Waals surface area contributed by atoms with Gasteiger partial charge in [-0.2, -0.15) is 0 Å². The third kappa shape index (κ3) is 39.6. The second-order valence-corrected chi connectivity index (χ2v) is 10.1. The van der Waals surface area contributed by atoms with Crippen molar-refractivity contribution in [3.63, 3.8) is 0 Å². The van der Waals surface area contributed by atoms with Crippen LogP contribution in [0.4, 0.5) is 0 Å². The summed E-state index contributed by atoms with van der Waals surface area (Å²) in [6, 6.07) is 0. The molecule has 0 saturated heterocycles. The molecule has 0 aromatic heterocycles. The first-order chi connectivity index (χ1) is 12.1. The molecule has 0 radical (unpaired) electrons. The maximum atomic E-state index is 8.88. The largest absolute Gasteiger partial charge is 0.466 e. The summed E-state index contributed by atoms with van der Waals surface area (Å²) in [5, 5.41) is 0. The molecule has 10 heteroatoms. The predicted octanol–water partition coefficient (Wildman–Crippen LogP) is 4.76. The maximum absolute atomic E-state index is 8.88. The summed E-state index contributed by atoms with van der Waals surface area (Å²) in [5.41, 5.74) is 0. The minimum Gasteiger partial charge on any atom is -0.325 e. The molecule has 0 rings (SSSR count). The molecule has 0 aliphatic heterocycles. The highest BCUT2D eigenvalue weighted by Crippen LogP contribution is 2.36. The van der Waals surface area contributed by atoms with Crippen molar-refractivity contribution in [1.29, 1.82) is 0 Å². The van der Waals surface area contributed by atoms with Crippen molar-refractivity contribution in [2.75, 3.05) is 6.61 Å². The van der Waals surface area contributed by atoms with Gasteiger partial charge in [-0.15, -0.1) is 0 Å². The van der Waals surface area contributed by atoms with Crippen LogP contribution in [0.2, 0.25) is 0 Å². The van der Waals surface area contributed by atoms with E-state index < -0.39 is 14.5 Å². The van der Waals surface area contributed by atoms with Crippen LogP contribution in [0.3, 0.4) is 0 Å². The zero-order chi connectivity index (χ0) is 20.3. The first kappa shape index (κ1) is 28.8. The first-order valence-electron chi connectivity index (χ1n) is 9.54. The van der Waals surface area contributed by atoms with Crippen molar-refractivity contribution in [2.45, 2.75) is 96.8 Å². The van der Waals surface area contributed by atoms with Gasteiger partial charge < -0.3 is 29.0 Å². The Kier molecular flexibility index (Phi) is 21.1. The minimum atomic E-state index is -4.64. The van der Waals surface area contributed by atoms with Gasteiger partial charge in [0.15, 0.2) is 0 Å². The minimum absolute atomic E-state index is 0.377. The average Bonchev–Trinajstić information content (AvgIpc) is 2.48. The Morgan fingerprint density at radius 1 is 0.654 bits per heavy atom. The summed E-state index contributed by atoms with van der Waals surface area (Å²) in [7, 11) is -4.64. The van der Waals surface area contributed by atoms with E-state index >= 15 is 0 Å². The fourth-order valence-corrected chi connectivity index (χ4v) is 3.07. The molecule has 26 heavy (non-hydrogen) atoms. The predicted molar refractivity (Wildman–Crippen MR) is 109 cm³/mol. The molecule has 5 N–H and O–H groups in total. The quantitative estimate of drug-likeness (QED) is 0.173. The third-order valence-electron chi connectivity index (χ3n) is 3.76. The lowest BCUT2D eigenvalue weighted by Gasteiger charge is -2.07. The number of phosphoric acid groups is 1. The highest BCUT2D eigenvalue weighted by atomic mass is 32.5. The van der Waals surface area contributed by atoms with Gasteiger partial charge in [0.1, 0.15) is 0 Å². The summed E-state index contributed by atoms with van der Waals surface area (Å²) in [4.78, 5) is 39.3. The highest BCUT2D eigenvalue weighted by molar-refractivity contribution is 8.06. The standard InChI is InChI=1S/C16H35O3PS.H3O4P/c1-2-3-4-5-6-7-8-9-10-11-12-13-14-15-16-19-20(17,18)21;1-5(2,3)4/h2-16H2,1H3,(H2,17,18,21);(H3,1,2,3,4). The summed E-state index contributed by atoms with van der Waals surface area (Å²) in [6.45, 7) is -0.778. The SMILES string of the molecule is CCCCCCCCCCCCCCCCOP(O)(O)=S.O=P(O)(O)O. The molecule has 0 aliphatic carbocycles. The lowest BCUT2D eigenvalue weighted by Crippen LogP contribution is -1.92. The summed E-state index contributed by atoms with van der Waals surface area (Å²) >= 11 is 4.38. The van der Waals surface area contributed by atoms with Crippen LogP contribution < -0.4 is 0 Å². The van der Waals surface area contributed by atoms with E-state index in [4.69, 9.17) is 33.6 Å². The van der Waals surface area contributed by atoms with E-state index in [1.54, 1.807) is 0 Å². The van der Waals surface area contributed by atoms with E-state index in [-0.39, 0.29) is 0 Å². The van der Waals surface area contributed by atoms with Gasteiger partial charge in [0, 0.05) is 0 Å². The molecule has 0 heterocycles. The van der Waals surface area contributed by atoms with Gasteiger partial charge in [-0.25, -0.2) is 4.57 Å². The van der Waals surface area contributed by atoms with Gasteiger partial charge in [0.2, 0.25) is 0 Å². The molecule has 0 aromatic rings. The van der Waals surface area contributed by atoms with Crippen LogP contribution in [0.15, 0.2) is 0 Å². The molecule has 0 aliphatic rings. The molecule has 0 amide bonds. The van der Waals surface area contributed by atoms with Gasteiger partial charge >= 0.3 is 14.5 Å². The average molecular weight is 436 g/mol. The Bertz CT molecular complexity index is 377. The Balaban J connectivity index is 0. The highest BCUT2D eigenvalue weighted by Gasteiger charge is 2.06. The van der Waals surface area contributed by atoms with Crippen molar-refractivity contribution in [3.8, 4) is 0 Å². The van der Waals surface area contributed by atoms with Gasteiger partial charge in [-0.05, 0) is 18.2 Å². The maximum Gasteiger partial charge on any atom is 0.466 e. The Morgan fingerprint density at radius 3 is 1.19 bits per heavy atom. The second-order valence-electron chi connectivity index (χ2n) is 6.43.